The zero-order valence-electron chi connectivity index (χ0n) is 10.9. The minimum Gasteiger partial charge on any atom is -0.326 e. The number of aryl methyl sites for hydroxylation is 1. The summed E-state index contributed by atoms with van der Waals surface area (Å²) >= 11 is 0. The van der Waals surface area contributed by atoms with Crippen molar-refractivity contribution in [1.29, 1.82) is 0 Å². The van der Waals surface area contributed by atoms with Crippen molar-refractivity contribution in [2.24, 2.45) is 11.1 Å². The Balaban J connectivity index is 2.18. The Kier molecular flexibility index (Phi) is 3.49. The minimum atomic E-state index is -3.41. The lowest BCUT2D eigenvalue weighted by Crippen LogP contribution is -2.29. The molecule has 1 saturated carbocycles. The largest absolute Gasteiger partial charge is 0.326 e. The van der Waals surface area contributed by atoms with Gasteiger partial charge in [-0.05, 0) is 48.4 Å². The fourth-order valence-corrected chi connectivity index (χ4v) is 3.03. The molecule has 100 valence electrons. The van der Waals surface area contributed by atoms with Gasteiger partial charge in [0.15, 0.2) is 0 Å². The molecular formula is C13H20N2O2S. The lowest BCUT2D eigenvalue weighted by molar-refractivity contribution is 0.530. The highest BCUT2D eigenvalue weighted by atomic mass is 32.2. The zero-order chi connectivity index (χ0) is 13.4. The van der Waals surface area contributed by atoms with E-state index in [4.69, 9.17) is 5.73 Å². The van der Waals surface area contributed by atoms with Gasteiger partial charge in [0.25, 0.3) is 0 Å². The summed E-state index contributed by atoms with van der Waals surface area (Å²) in [5.74, 6) is 0. The summed E-state index contributed by atoms with van der Waals surface area (Å²) in [4.78, 5) is 0.304. The molecule has 0 aliphatic heterocycles. The number of nitrogens with one attached hydrogen (secondary N) is 1. The van der Waals surface area contributed by atoms with Gasteiger partial charge in [0.05, 0.1) is 4.90 Å². The monoisotopic (exact) mass is 268 g/mol. The highest BCUT2D eigenvalue weighted by Crippen LogP contribution is 2.44. The van der Waals surface area contributed by atoms with Crippen molar-refractivity contribution in [1.82, 2.24) is 4.72 Å². The first kappa shape index (κ1) is 13.5. The highest BCUT2D eigenvalue weighted by molar-refractivity contribution is 7.89. The van der Waals surface area contributed by atoms with Gasteiger partial charge in [0.1, 0.15) is 0 Å². The maximum absolute atomic E-state index is 12.1. The molecule has 0 unspecified atom stereocenters. The number of nitrogens with two attached hydrogens (primary N) is 1. The molecule has 5 heteroatoms. The van der Waals surface area contributed by atoms with E-state index in [-0.39, 0.29) is 5.41 Å². The molecule has 1 fully saturated rings. The summed E-state index contributed by atoms with van der Waals surface area (Å²) in [5, 5.41) is 0. The van der Waals surface area contributed by atoms with E-state index in [1.54, 1.807) is 18.2 Å². The van der Waals surface area contributed by atoms with E-state index in [9.17, 15) is 8.42 Å². The molecular weight excluding hydrogens is 248 g/mol. The van der Waals surface area contributed by atoms with Crippen LogP contribution in [0.3, 0.4) is 0 Å². The third kappa shape index (κ3) is 2.91. The molecule has 4 nitrogen and oxygen atoms in total. The summed E-state index contributed by atoms with van der Waals surface area (Å²) in [6.45, 7) is 4.89. The number of sulfonamides is 1. The van der Waals surface area contributed by atoms with Crippen molar-refractivity contribution in [3.63, 3.8) is 0 Å². The molecule has 0 atom stereocenters. The quantitative estimate of drug-likeness (QED) is 0.850. The topological polar surface area (TPSA) is 72.2 Å². The lowest BCUT2D eigenvalue weighted by Gasteiger charge is -2.12. The average molecular weight is 268 g/mol. The normalized spacial score (nSPS) is 17.7. The van der Waals surface area contributed by atoms with Crippen LogP contribution in [0.25, 0.3) is 0 Å². The van der Waals surface area contributed by atoms with Crippen LogP contribution in [-0.4, -0.2) is 15.0 Å². The van der Waals surface area contributed by atoms with Gasteiger partial charge in [0, 0.05) is 13.1 Å². The van der Waals surface area contributed by atoms with Crippen molar-refractivity contribution in [2.45, 2.75) is 38.1 Å². The summed E-state index contributed by atoms with van der Waals surface area (Å²) in [7, 11) is -3.41. The van der Waals surface area contributed by atoms with Crippen LogP contribution in [0.4, 0.5) is 0 Å². The highest BCUT2D eigenvalue weighted by Gasteiger charge is 2.38. The Morgan fingerprint density at radius 3 is 2.61 bits per heavy atom. The molecule has 0 heterocycles. The maximum Gasteiger partial charge on any atom is 0.240 e. The van der Waals surface area contributed by atoms with Gasteiger partial charge in [-0.25, -0.2) is 13.1 Å². The second-order valence-electron chi connectivity index (χ2n) is 5.43. The number of benzene rings is 1. The lowest BCUT2D eigenvalue weighted by atomic mass is 10.1. The summed E-state index contributed by atoms with van der Waals surface area (Å²) in [5.41, 5.74) is 7.65. The van der Waals surface area contributed by atoms with Gasteiger partial charge in [-0.15, -0.1) is 0 Å². The number of hydrogen-bond acceptors (Lipinski definition) is 3. The Labute approximate surface area is 109 Å². The SMILES string of the molecule is Cc1ccc(S(=O)(=O)NCC2(C)CC2)cc1CN. The Hall–Kier alpha value is -0.910. The van der Waals surface area contributed by atoms with Gasteiger partial charge in [-0.2, -0.15) is 0 Å². The predicted octanol–water partition coefficient (Wildman–Crippen LogP) is 1.53. The van der Waals surface area contributed by atoms with Crippen LogP contribution in [-0.2, 0) is 16.6 Å². The van der Waals surface area contributed by atoms with Gasteiger partial charge >= 0.3 is 0 Å². The number of hydrogen-bond donors (Lipinski definition) is 2. The van der Waals surface area contributed by atoms with Crippen LogP contribution >= 0.6 is 0 Å². The smallest absolute Gasteiger partial charge is 0.240 e. The van der Waals surface area contributed by atoms with Crippen molar-refractivity contribution in [3.8, 4) is 0 Å². The first-order valence-electron chi connectivity index (χ1n) is 6.16. The van der Waals surface area contributed by atoms with Crippen LogP contribution < -0.4 is 10.5 Å². The predicted molar refractivity (Wildman–Crippen MR) is 71.6 cm³/mol. The minimum absolute atomic E-state index is 0.161. The molecule has 0 radical (unpaired) electrons. The average Bonchev–Trinajstić information content (AvgIpc) is 3.06. The molecule has 0 bridgehead atoms. The van der Waals surface area contributed by atoms with E-state index in [1.165, 1.54) is 0 Å². The summed E-state index contributed by atoms with van der Waals surface area (Å²) in [6, 6.07) is 5.09. The Morgan fingerprint density at radius 1 is 1.39 bits per heavy atom. The second kappa shape index (κ2) is 4.64. The van der Waals surface area contributed by atoms with Crippen LogP contribution in [0.1, 0.15) is 30.9 Å². The molecule has 0 saturated heterocycles. The van der Waals surface area contributed by atoms with E-state index in [2.05, 4.69) is 11.6 Å². The molecule has 0 amide bonds. The zero-order valence-corrected chi connectivity index (χ0v) is 11.7. The van der Waals surface area contributed by atoms with Crippen molar-refractivity contribution in [2.75, 3.05) is 6.54 Å². The van der Waals surface area contributed by atoms with E-state index >= 15 is 0 Å². The van der Waals surface area contributed by atoms with Gasteiger partial charge < -0.3 is 5.73 Å². The molecule has 1 aromatic rings. The van der Waals surface area contributed by atoms with E-state index in [1.807, 2.05) is 6.92 Å². The Morgan fingerprint density at radius 2 is 2.06 bits per heavy atom. The second-order valence-corrected chi connectivity index (χ2v) is 7.19. The molecule has 2 rings (SSSR count). The Bertz CT molecular complexity index is 548. The molecule has 1 aliphatic rings. The molecule has 1 aromatic carbocycles. The first-order valence-corrected chi connectivity index (χ1v) is 7.64. The van der Waals surface area contributed by atoms with Crippen LogP contribution in [0, 0.1) is 12.3 Å². The van der Waals surface area contributed by atoms with Crippen LogP contribution in [0.5, 0.6) is 0 Å². The molecule has 0 spiro atoms. The van der Waals surface area contributed by atoms with Gasteiger partial charge in [-0.3, -0.25) is 0 Å². The standard InChI is InChI=1S/C13H20N2O2S/c1-10-3-4-12(7-11(10)8-14)18(16,17)15-9-13(2)5-6-13/h3-4,7,15H,5-6,8-9,14H2,1-2H3. The maximum atomic E-state index is 12.1. The van der Waals surface area contributed by atoms with E-state index in [0.717, 1.165) is 24.0 Å². The van der Waals surface area contributed by atoms with Crippen molar-refractivity contribution >= 4 is 10.0 Å². The third-order valence-corrected chi connectivity index (χ3v) is 5.04. The van der Waals surface area contributed by atoms with Gasteiger partial charge in [-0.1, -0.05) is 13.0 Å². The molecule has 18 heavy (non-hydrogen) atoms. The third-order valence-electron chi connectivity index (χ3n) is 3.64. The number of rotatable bonds is 5. The van der Waals surface area contributed by atoms with Crippen LogP contribution in [0.2, 0.25) is 0 Å². The van der Waals surface area contributed by atoms with Crippen molar-refractivity contribution in [3.05, 3.63) is 29.3 Å². The van der Waals surface area contributed by atoms with E-state index in [0.29, 0.717) is 18.0 Å². The molecule has 3 N–H and O–H groups in total. The molecule has 0 aromatic heterocycles. The van der Waals surface area contributed by atoms with E-state index < -0.39 is 10.0 Å². The fraction of sp³-hybridized carbons (Fsp3) is 0.538. The van der Waals surface area contributed by atoms with Gasteiger partial charge in [0.2, 0.25) is 10.0 Å². The molecule has 1 aliphatic carbocycles. The summed E-state index contributed by atoms with van der Waals surface area (Å²) in [6.07, 6.45) is 2.19. The summed E-state index contributed by atoms with van der Waals surface area (Å²) < 4.78 is 26.9. The van der Waals surface area contributed by atoms with Crippen LogP contribution in [0.15, 0.2) is 23.1 Å². The first-order chi connectivity index (χ1) is 8.36. The fourth-order valence-electron chi connectivity index (χ4n) is 1.78. The van der Waals surface area contributed by atoms with Crippen molar-refractivity contribution < 1.29 is 8.42 Å².